The molecule has 0 spiro atoms. The van der Waals surface area contributed by atoms with Crippen LogP contribution in [0.15, 0.2) is 28.7 Å². The number of hydrogen-bond acceptors (Lipinski definition) is 3. The molecule has 0 fully saturated rings. The van der Waals surface area contributed by atoms with Gasteiger partial charge >= 0.3 is 0 Å². The summed E-state index contributed by atoms with van der Waals surface area (Å²) < 4.78 is 0.919. The largest absolute Gasteiger partial charge is 0.394 e. The molecule has 0 saturated heterocycles. The van der Waals surface area contributed by atoms with Crippen LogP contribution in [0.2, 0.25) is 0 Å². The summed E-state index contributed by atoms with van der Waals surface area (Å²) in [7, 11) is 0. The van der Waals surface area contributed by atoms with Gasteiger partial charge in [-0.25, -0.2) is 0 Å². The van der Waals surface area contributed by atoms with E-state index in [0.29, 0.717) is 0 Å². The molecule has 0 saturated carbocycles. The topological polar surface area (TPSA) is 61.4 Å². The van der Waals surface area contributed by atoms with Crippen LogP contribution in [0.25, 0.3) is 0 Å². The fraction of sp³-hybridized carbons (Fsp3) is 0.462. The number of nitrogens with one attached hydrogen (secondary N) is 2. The molecule has 0 heterocycles. The van der Waals surface area contributed by atoms with E-state index in [-0.39, 0.29) is 19.1 Å². The van der Waals surface area contributed by atoms with E-state index in [1.165, 1.54) is 0 Å². The normalized spacial score (nSPS) is 14.0. The number of hydrogen-bond donors (Lipinski definition) is 3. The molecule has 5 heteroatoms. The molecule has 0 aliphatic carbocycles. The monoisotopic (exact) mass is 314 g/mol. The average molecular weight is 315 g/mol. The fourth-order valence-corrected chi connectivity index (χ4v) is 1.76. The number of carbonyl (C=O) groups is 1. The van der Waals surface area contributed by atoms with E-state index in [1.54, 1.807) is 0 Å². The lowest BCUT2D eigenvalue weighted by atomic mass is 10.0. The first-order valence-corrected chi connectivity index (χ1v) is 6.70. The first-order chi connectivity index (χ1) is 8.49. The maximum Gasteiger partial charge on any atom is 0.238 e. The van der Waals surface area contributed by atoms with E-state index in [0.717, 1.165) is 16.6 Å². The maximum absolute atomic E-state index is 11.7. The number of halogens is 1. The zero-order chi connectivity index (χ0) is 13.6. The van der Waals surface area contributed by atoms with Crippen LogP contribution in [0.4, 0.5) is 5.69 Å². The average Bonchev–Trinajstić information content (AvgIpc) is 2.36. The van der Waals surface area contributed by atoms with Crippen molar-refractivity contribution in [3.63, 3.8) is 0 Å². The fourth-order valence-electron chi connectivity index (χ4n) is 1.36. The van der Waals surface area contributed by atoms with Gasteiger partial charge in [-0.3, -0.25) is 4.79 Å². The zero-order valence-corrected chi connectivity index (χ0v) is 12.3. The third kappa shape index (κ3) is 4.76. The van der Waals surface area contributed by atoms with Crippen molar-refractivity contribution in [1.29, 1.82) is 0 Å². The van der Waals surface area contributed by atoms with Gasteiger partial charge in [-0.1, -0.05) is 28.9 Å². The number of carbonyl (C=O) groups excluding carboxylic acids is 1. The predicted molar refractivity (Wildman–Crippen MR) is 76.6 cm³/mol. The van der Waals surface area contributed by atoms with Crippen molar-refractivity contribution < 1.29 is 9.90 Å². The number of benzene rings is 1. The minimum atomic E-state index is -0.408. The Kier molecular flexibility index (Phi) is 5.78. The molecular formula is C13H19BrN2O2. The van der Waals surface area contributed by atoms with Gasteiger partial charge in [0.05, 0.1) is 13.2 Å². The van der Waals surface area contributed by atoms with Crippen molar-refractivity contribution in [2.45, 2.75) is 25.8 Å². The quantitative estimate of drug-likeness (QED) is 0.754. The third-order valence-corrected chi connectivity index (χ3v) is 3.41. The van der Waals surface area contributed by atoms with Gasteiger partial charge in [-0.15, -0.1) is 0 Å². The number of amides is 1. The Labute approximate surface area is 116 Å². The Bertz CT molecular complexity index is 406. The van der Waals surface area contributed by atoms with Gasteiger partial charge < -0.3 is 15.7 Å². The van der Waals surface area contributed by atoms with Crippen molar-refractivity contribution in [2.24, 2.45) is 0 Å². The van der Waals surface area contributed by atoms with E-state index in [2.05, 4.69) is 26.6 Å². The smallest absolute Gasteiger partial charge is 0.238 e. The summed E-state index contributed by atoms with van der Waals surface area (Å²) in [6, 6.07) is 7.42. The highest BCUT2D eigenvalue weighted by atomic mass is 79.9. The minimum Gasteiger partial charge on any atom is -0.394 e. The first kappa shape index (κ1) is 15.1. The van der Waals surface area contributed by atoms with Crippen LogP contribution < -0.4 is 10.6 Å². The van der Waals surface area contributed by atoms with Crippen molar-refractivity contribution in [2.75, 3.05) is 18.5 Å². The van der Waals surface area contributed by atoms with Gasteiger partial charge in [0.1, 0.15) is 0 Å². The Morgan fingerprint density at radius 2 is 2.22 bits per heavy atom. The summed E-state index contributed by atoms with van der Waals surface area (Å²) in [4.78, 5) is 11.7. The van der Waals surface area contributed by atoms with Gasteiger partial charge in [-0.05, 0) is 31.5 Å². The lowest BCUT2D eigenvalue weighted by Crippen LogP contribution is -2.48. The number of anilines is 1. The van der Waals surface area contributed by atoms with Gasteiger partial charge in [0.25, 0.3) is 0 Å². The number of rotatable bonds is 6. The van der Waals surface area contributed by atoms with Crippen LogP contribution in [0, 0.1) is 0 Å². The second-order valence-corrected chi connectivity index (χ2v) is 5.40. The molecule has 0 radical (unpaired) electrons. The molecule has 18 heavy (non-hydrogen) atoms. The third-order valence-electron chi connectivity index (χ3n) is 2.91. The molecule has 1 aromatic carbocycles. The van der Waals surface area contributed by atoms with Crippen LogP contribution in [0.5, 0.6) is 0 Å². The predicted octanol–water partition coefficient (Wildman–Crippen LogP) is 2.14. The molecule has 100 valence electrons. The summed E-state index contributed by atoms with van der Waals surface area (Å²) in [5.41, 5.74) is 0.340. The minimum absolute atomic E-state index is 0.00760. The lowest BCUT2D eigenvalue weighted by Gasteiger charge is -2.26. The highest BCUT2D eigenvalue weighted by Gasteiger charge is 2.20. The molecule has 1 amide bonds. The molecule has 3 N–H and O–H groups in total. The van der Waals surface area contributed by atoms with Gasteiger partial charge in [0.2, 0.25) is 5.91 Å². The van der Waals surface area contributed by atoms with Crippen LogP contribution >= 0.6 is 15.9 Å². The molecule has 0 aliphatic heterocycles. The van der Waals surface area contributed by atoms with E-state index in [1.807, 2.05) is 38.1 Å². The Balaban J connectivity index is 2.47. The summed E-state index contributed by atoms with van der Waals surface area (Å²) in [6.07, 6.45) is 0.758. The molecule has 4 nitrogen and oxygen atoms in total. The van der Waals surface area contributed by atoms with E-state index >= 15 is 0 Å². The molecule has 0 aliphatic rings. The zero-order valence-electron chi connectivity index (χ0n) is 10.7. The molecule has 1 rings (SSSR count). The number of aliphatic hydroxyl groups is 1. The Morgan fingerprint density at radius 3 is 2.78 bits per heavy atom. The van der Waals surface area contributed by atoms with Crippen LogP contribution in [0.1, 0.15) is 20.3 Å². The van der Waals surface area contributed by atoms with Crippen LogP contribution in [-0.4, -0.2) is 29.7 Å². The molecule has 1 atom stereocenters. The number of aliphatic hydroxyl groups excluding tert-OH is 1. The molecule has 1 unspecified atom stereocenters. The van der Waals surface area contributed by atoms with E-state index in [4.69, 9.17) is 0 Å². The van der Waals surface area contributed by atoms with E-state index < -0.39 is 5.54 Å². The summed E-state index contributed by atoms with van der Waals surface area (Å²) in [5, 5.41) is 15.1. The van der Waals surface area contributed by atoms with Gasteiger partial charge in [-0.2, -0.15) is 0 Å². The second-order valence-electron chi connectivity index (χ2n) is 4.48. The van der Waals surface area contributed by atoms with Crippen LogP contribution in [0.3, 0.4) is 0 Å². The SMILES string of the molecule is CCC(C)(CO)NCC(=O)Nc1cccc(Br)c1. The molecule has 0 bridgehead atoms. The molecule has 1 aromatic rings. The summed E-state index contributed by atoms with van der Waals surface area (Å²) in [6.45, 7) is 4.04. The van der Waals surface area contributed by atoms with Crippen molar-refractivity contribution in [3.05, 3.63) is 28.7 Å². The second kappa shape index (κ2) is 6.87. The van der Waals surface area contributed by atoms with Crippen LogP contribution in [-0.2, 0) is 4.79 Å². The van der Waals surface area contributed by atoms with Gasteiger partial charge in [0, 0.05) is 15.7 Å². The lowest BCUT2D eigenvalue weighted by molar-refractivity contribution is -0.115. The van der Waals surface area contributed by atoms with Crippen molar-refractivity contribution >= 4 is 27.5 Å². The van der Waals surface area contributed by atoms with Crippen molar-refractivity contribution in [3.8, 4) is 0 Å². The summed E-state index contributed by atoms with van der Waals surface area (Å²) >= 11 is 3.35. The highest BCUT2D eigenvalue weighted by molar-refractivity contribution is 9.10. The molecular weight excluding hydrogens is 296 g/mol. The van der Waals surface area contributed by atoms with E-state index in [9.17, 15) is 9.90 Å². The first-order valence-electron chi connectivity index (χ1n) is 5.90. The highest BCUT2D eigenvalue weighted by Crippen LogP contribution is 2.15. The summed E-state index contributed by atoms with van der Waals surface area (Å²) in [5.74, 6) is -0.124. The van der Waals surface area contributed by atoms with Gasteiger partial charge in [0.15, 0.2) is 0 Å². The Morgan fingerprint density at radius 1 is 1.50 bits per heavy atom. The maximum atomic E-state index is 11.7. The molecule has 0 aromatic heterocycles. The Hall–Kier alpha value is -0.910. The van der Waals surface area contributed by atoms with Crippen molar-refractivity contribution in [1.82, 2.24) is 5.32 Å². The standard InChI is InChI=1S/C13H19BrN2O2/c1-3-13(2,9-17)15-8-12(18)16-11-6-4-5-10(14)7-11/h4-7,15,17H,3,8-9H2,1-2H3,(H,16,18).